The van der Waals surface area contributed by atoms with Crippen LogP contribution in [0.25, 0.3) is 5.65 Å². The Morgan fingerprint density at radius 1 is 1.00 bits per heavy atom. The Balaban J connectivity index is 1.36. The highest BCUT2D eigenvalue weighted by Gasteiger charge is 2.34. The fourth-order valence-electron chi connectivity index (χ4n) is 3.73. The van der Waals surface area contributed by atoms with E-state index in [1.54, 1.807) is 12.1 Å². The number of carbonyl (C=O) groups is 1. The van der Waals surface area contributed by atoms with Crippen LogP contribution in [0.1, 0.15) is 41.7 Å². The highest BCUT2D eigenvalue weighted by molar-refractivity contribution is 5.94. The number of aromatic nitrogens is 2. The number of fused-ring (bicyclic) bond motifs is 1. The fourth-order valence-corrected chi connectivity index (χ4v) is 3.73. The predicted octanol–water partition coefficient (Wildman–Crippen LogP) is 4.65. The first-order valence-electron chi connectivity index (χ1n) is 9.68. The summed E-state index contributed by atoms with van der Waals surface area (Å²) in [5.74, 6) is -0.0861. The lowest BCUT2D eigenvalue weighted by Crippen LogP contribution is -2.40. The normalized spacial score (nSPS) is 19.6. The Kier molecular flexibility index (Phi) is 5.36. The van der Waals surface area contributed by atoms with Crippen LogP contribution in [0.3, 0.4) is 0 Å². The van der Waals surface area contributed by atoms with Crippen LogP contribution in [0.4, 0.5) is 23.4 Å². The van der Waals surface area contributed by atoms with Gasteiger partial charge in [-0.1, -0.05) is 6.07 Å². The zero-order valence-corrected chi connectivity index (χ0v) is 15.9. The molecule has 2 N–H and O–H groups in total. The number of amides is 1. The lowest BCUT2D eigenvalue weighted by atomic mass is 9.91. The topological polar surface area (TPSA) is 58.4 Å². The zero-order chi connectivity index (χ0) is 21.3. The van der Waals surface area contributed by atoms with Gasteiger partial charge in [-0.3, -0.25) is 9.20 Å². The van der Waals surface area contributed by atoms with Crippen molar-refractivity contribution in [1.29, 1.82) is 0 Å². The highest BCUT2D eigenvalue weighted by atomic mass is 19.4. The number of hydrogen-bond acceptors (Lipinski definition) is 3. The number of nitrogens with zero attached hydrogens (tertiary/aromatic N) is 2. The first-order valence-corrected chi connectivity index (χ1v) is 9.68. The molecule has 5 nitrogen and oxygen atoms in total. The number of anilines is 1. The molecule has 9 heteroatoms. The Hall–Kier alpha value is -3.10. The quantitative estimate of drug-likeness (QED) is 0.605. The maximum Gasteiger partial charge on any atom is 0.434 e. The molecule has 1 saturated carbocycles. The lowest BCUT2D eigenvalue weighted by molar-refractivity contribution is -0.140. The van der Waals surface area contributed by atoms with Gasteiger partial charge < -0.3 is 10.6 Å². The van der Waals surface area contributed by atoms with Crippen LogP contribution in [-0.2, 0) is 6.18 Å². The Morgan fingerprint density at radius 3 is 2.33 bits per heavy atom. The average Bonchev–Trinajstić information content (AvgIpc) is 3.16. The van der Waals surface area contributed by atoms with Gasteiger partial charge in [0.2, 0.25) is 0 Å². The number of imidazole rings is 1. The maximum absolute atomic E-state index is 13.0. The van der Waals surface area contributed by atoms with E-state index in [0.29, 0.717) is 11.4 Å². The number of halogens is 4. The zero-order valence-electron chi connectivity index (χ0n) is 15.9. The van der Waals surface area contributed by atoms with Gasteiger partial charge in [0.1, 0.15) is 17.3 Å². The van der Waals surface area contributed by atoms with Crippen molar-refractivity contribution in [3.05, 3.63) is 65.7 Å². The van der Waals surface area contributed by atoms with E-state index in [1.165, 1.54) is 34.7 Å². The third-order valence-electron chi connectivity index (χ3n) is 5.30. The lowest BCUT2D eigenvalue weighted by Gasteiger charge is -2.30. The van der Waals surface area contributed by atoms with Gasteiger partial charge in [0.25, 0.3) is 5.91 Å². The largest absolute Gasteiger partial charge is 0.434 e. The van der Waals surface area contributed by atoms with Crippen LogP contribution in [0.5, 0.6) is 0 Å². The van der Waals surface area contributed by atoms with Gasteiger partial charge in [-0.05, 0) is 62.1 Å². The minimum absolute atomic E-state index is 0.00136. The molecule has 158 valence electrons. The average molecular weight is 420 g/mol. The Labute approximate surface area is 170 Å². The van der Waals surface area contributed by atoms with E-state index in [-0.39, 0.29) is 23.6 Å². The predicted molar refractivity (Wildman–Crippen MR) is 104 cm³/mol. The van der Waals surface area contributed by atoms with Crippen LogP contribution in [0.2, 0.25) is 0 Å². The molecule has 1 fully saturated rings. The van der Waals surface area contributed by atoms with Crippen molar-refractivity contribution in [3.63, 3.8) is 0 Å². The first kappa shape index (κ1) is 20.2. The van der Waals surface area contributed by atoms with Crippen molar-refractivity contribution in [2.24, 2.45) is 0 Å². The second-order valence-corrected chi connectivity index (χ2v) is 7.44. The van der Waals surface area contributed by atoms with Gasteiger partial charge in [-0.25, -0.2) is 9.37 Å². The summed E-state index contributed by atoms with van der Waals surface area (Å²) in [6, 6.07) is 10.4. The van der Waals surface area contributed by atoms with Crippen molar-refractivity contribution in [2.75, 3.05) is 5.32 Å². The molecule has 0 bridgehead atoms. The van der Waals surface area contributed by atoms with Crippen LogP contribution >= 0.6 is 0 Å². The van der Waals surface area contributed by atoms with Crippen LogP contribution in [0, 0.1) is 5.82 Å². The Bertz CT molecular complexity index is 1040. The van der Waals surface area contributed by atoms with E-state index in [0.717, 1.165) is 31.9 Å². The van der Waals surface area contributed by atoms with Gasteiger partial charge in [-0.15, -0.1) is 0 Å². The number of hydrogen-bond donors (Lipinski definition) is 2. The minimum atomic E-state index is -4.50. The van der Waals surface area contributed by atoms with Crippen molar-refractivity contribution in [3.8, 4) is 0 Å². The van der Waals surface area contributed by atoms with E-state index in [1.807, 2.05) is 0 Å². The second-order valence-electron chi connectivity index (χ2n) is 7.44. The highest BCUT2D eigenvalue weighted by Crippen LogP contribution is 2.30. The molecule has 0 atom stereocenters. The third-order valence-corrected chi connectivity index (χ3v) is 5.30. The number of carbonyl (C=O) groups excluding carboxylic acids is 1. The van der Waals surface area contributed by atoms with Crippen LogP contribution in [-0.4, -0.2) is 27.4 Å². The van der Waals surface area contributed by atoms with E-state index < -0.39 is 17.7 Å². The third kappa shape index (κ3) is 4.39. The molecule has 0 unspecified atom stereocenters. The minimum Gasteiger partial charge on any atom is -0.368 e. The van der Waals surface area contributed by atoms with E-state index in [4.69, 9.17) is 0 Å². The molecule has 2 heterocycles. The first-order chi connectivity index (χ1) is 14.3. The van der Waals surface area contributed by atoms with E-state index >= 15 is 0 Å². The summed E-state index contributed by atoms with van der Waals surface area (Å²) in [6.45, 7) is 0. The molecule has 0 spiro atoms. The number of rotatable bonds is 4. The van der Waals surface area contributed by atoms with Gasteiger partial charge in [0, 0.05) is 23.8 Å². The SMILES string of the molecule is O=C(NC1CCC(Nc2cccc3nc(C(F)(F)F)cn23)CC1)c1ccc(F)cc1. The molecule has 1 aliphatic rings. The summed E-state index contributed by atoms with van der Waals surface area (Å²) in [5.41, 5.74) is -0.291. The number of alkyl halides is 3. The molecule has 0 radical (unpaired) electrons. The Morgan fingerprint density at radius 2 is 1.67 bits per heavy atom. The number of nitrogens with one attached hydrogen (secondary N) is 2. The van der Waals surface area contributed by atoms with E-state index in [9.17, 15) is 22.4 Å². The summed E-state index contributed by atoms with van der Waals surface area (Å²) in [5, 5.41) is 6.26. The van der Waals surface area contributed by atoms with E-state index in [2.05, 4.69) is 15.6 Å². The summed E-state index contributed by atoms with van der Waals surface area (Å²) in [4.78, 5) is 15.9. The van der Waals surface area contributed by atoms with Crippen LogP contribution in [0.15, 0.2) is 48.7 Å². The molecule has 4 rings (SSSR count). The molecule has 2 aromatic heterocycles. The monoisotopic (exact) mass is 420 g/mol. The standard InChI is InChI=1S/C21H20F4N4O/c22-14-6-4-13(5-7-14)20(30)27-16-10-8-15(9-11-16)26-18-2-1-3-19-28-17(12-29(18)19)21(23,24)25/h1-7,12,15-16,26H,8-11H2,(H,27,30). The van der Waals surface area contributed by atoms with Gasteiger partial charge in [0.05, 0.1) is 0 Å². The number of benzene rings is 1. The summed E-state index contributed by atoms with van der Waals surface area (Å²) in [6.07, 6.45) is -0.524. The van der Waals surface area contributed by atoms with Crippen molar-refractivity contribution < 1.29 is 22.4 Å². The smallest absolute Gasteiger partial charge is 0.368 e. The molecule has 30 heavy (non-hydrogen) atoms. The van der Waals surface area contributed by atoms with Crippen molar-refractivity contribution >= 4 is 17.4 Å². The van der Waals surface area contributed by atoms with Crippen molar-refractivity contribution in [1.82, 2.24) is 14.7 Å². The summed E-state index contributed by atoms with van der Waals surface area (Å²) >= 11 is 0. The summed E-state index contributed by atoms with van der Waals surface area (Å²) in [7, 11) is 0. The molecule has 3 aromatic rings. The van der Waals surface area contributed by atoms with Crippen molar-refractivity contribution in [2.45, 2.75) is 43.9 Å². The summed E-state index contributed by atoms with van der Waals surface area (Å²) < 4.78 is 53.3. The molecular weight excluding hydrogens is 400 g/mol. The molecule has 0 saturated heterocycles. The van der Waals surface area contributed by atoms with Crippen LogP contribution < -0.4 is 10.6 Å². The molecule has 1 aliphatic carbocycles. The fraction of sp³-hybridized carbons (Fsp3) is 0.333. The number of pyridine rings is 1. The van der Waals surface area contributed by atoms with Gasteiger partial charge >= 0.3 is 6.18 Å². The maximum atomic E-state index is 13.0. The molecule has 1 amide bonds. The molecule has 0 aliphatic heterocycles. The van der Waals surface area contributed by atoms with Gasteiger partial charge in [0.15, 0.2) is 5.69 Å². The molecular formula is C21H20F4N4O. The second kappa shape index (κ2) is 7.97. The van der Waals surface area contributed by atoms with Gasteiger partial charge in [-0.2, -0.15) is 13.2 Å². The molecule has 1 aromatic carbocycles.